The van der Waals surface area contributed by atoms with Crippen LogP contribution < -0.4 is 21.3 Å². The van der Waals surface area contributed by atoms with E-state index in [0.717, 1.165) is 72.7 Å². The van der Waals surface area contributed by atoms with E-state index in [4.69, 9.17) is 15.5 Å². The molecule has 1 spiro atoms. The zero-order chi connectivity index (χ0) is 23.4. The second kappa shape index (κ2) is 8.18. The van der Waals surface area contributed by atoms with Gasteiger partial charge < -0.3 is 26.0 Å². The molecule has 2 fully saturated rings. The van der Waals surface area contributed by atoms with Crippen LogP contribution >= 0.6 is 11.3 Å². The average molecular weight is 479 g/mol. The zero-order valence-electron chi connectivity index (χ0n) is 19.6. The highest BCUT2D eigenvalue weighted by molar-refractivity contribution is 7.21. The molecule has 9 heteroatoms. The molecule has 8 nitrogen and oxygen atoms in total. The average Bonchev–Trinajstić information content (AvgIpc) is 3.37. The number of nitrogens with two attached hydrogens (primary N) is 1. The van der Waals surface area contributed by atoms with E-state index in [1.165, 1.54) is 16.9 Å². The fourth-order valence-electron chi connectivity index (χ4n) is 5.62. The van der Waals surface area contributed by atoms with Gasteiger partial charge in [-0.05, 0) is 62.9 Å². The van der Waals surface area contributed by atoms with E-state index < -0.39 is 0 Å². The van der Waals surface area contributed by atoms with Crippen molar-refractivity contribution < 1.29 is 9.53 Å². The Balaban J connectivity index is 1.15. The van der Waals surface area contributed by atoms with E-state index in [9.17, 15) is 4.79 Å². The highest BCUT2D eigenvalue weighted by atomic mass is 32.1. The summed E-state index contributed by atoms with van der Waals surface area (Å²) in [6.45, 7) is 4.79. The number of nitrogen functional groups attached to an aromatic ring is 1. The molecule has 0 saturated carbocycles. The van der Waals surface area contributed by atoms with Crippen molar-refractivity contribution in [1.82, 2.24) is 20.6 Å². The summed E-state index contributed by atoms with van der Waals surface area (Å²) in [5.74, 6) is 0.909. The summed E-state index contributed by atoms with van der Waals surface area (Å²) in [5.41, 5.74) is 10.1. The second-order valence-corrected chi connectivity index (χ2v) is 10.8. The Bertz CT molecular complexity index is 1270. The molecule has 3 atom stereocenters. The number of carbonyl (C=O) groups excluding carboxylic acids is 1. The molecular weight excluding hydrogens is 448 g/mol. The number of ether oxygens (including phenoxy) is 1. The summed E-state index contributed by atoms with van der Waals surface area (Å²) in [6, 6.07) is 8.23. The van der Waals surface area contributed by atoms with Crippen molar-refractivity contribution in [3.8, 4) is 0 Å². The number of fused-ring (bicyclic) bond motifs is 2. The van der Waals surface area contributed by atoms with Crippen LogP contribution in [-0.2, 0) is 17.6 Å². The molecule has 0 radical (unpaired) electrons. The number of pyridine rings is 2. The van der Waals surface area contributed by atoms with Crippen molar-refractivity contribution >= 4 is 39.0 Å². The molecule has 178 valence electrons. The standard InChI is InChI=1S/C25H30N6O2S/c1-14-3-6-17-21(26)22(34-24(17)28-14)23(32)29-16-5-7-18-15(11-16)4-8-20(30-18)31-12-19(33-2)25(13-31)9-10-27-25/h3-4,6,8,16,19,27H,5,7,9-13,26H2,1-2H3,(H,29,32). The molecule has 5 heterocycles. The number of nitrogens with zero attached hydrogens (tertiary/aromatic N) is 3. The number of amides is 1. The summed E-state index contributed by atoms with van der Waals surface area (Å²) >= 11 is 1.36. The smallest absolute Gasteiger partial charge is 0.263 e. The van der Waals surface area contributed by atoms with Gasteiger partial charge in [-0.25, -0.2) is 9.97 Å². The zero-order valence-corrected chi connectivity index (χ0v) is 20.4. The minimum atomic E-state index is -0.114. The van der Waals surface area contributed by atoms with Crippen molar-refractivity contribution in [2.24, 2.45) is 0 Å². The molecule has 1 amide bonds. The number of thiophene rings is 1. The molecule has 3 aromatic heterocycles. The van der Waals surface area contributed by atoms with Crippen LogP contribution in [0.2, 0.25) is 0 Å². The molecule has 1 aliphatic carbocycles. The number of methoxy groups -OCH3 is 1. The summed E-state index contributed by atoms with van der Waals surface area (Å²) in [6.07, 6.45) is 3.83. The maximum absolute atomic E-state index is 13.0. The fraction of sp³-hybridized carbons (Fsp3) is 0.480. The lowest BCUT2D eigenvalue weighted by atomic mass is 9.85. The van der Waals surface area contributed by atoms with Crippen molar-refractivity contribution in [1.29, 1.82) is 0 Å². The quantitative estimate of drug-likeness (QED) is 0.529. The number of carbonyl (C=O) groups is 1. The first-order valence-electron chi connectivity index (χ1n) is 11.9. The minimum absolute atomic E-state index is 0.0686. The maximum atomic E-state index is 13.0. The topological polar surface area (TPSA) is 105 Å². The number of aromatic nitrogens is 2. The lowest BCUT2D eigenvalue weighted by Crippen LogP contribution is -2.64. The van der Waals surface area contributed by atoms with Gasteiger partial charge in [0, 0.05) is 43.0 Å². The van der Waals surface area contributed by atoms with Crippen LogP contribution in [0.5, 0.6) is 0 Å². The number of hydrogen-bond acceptors (Lipinski definition) is 8. The van der Waals surface area contributed by atoms with Gasteiger partial charge in [0.1, 0.15) is 15.5 Å². The van der Waals surface area contributed by atoms with E-state index >= 15 is 0 Å². The fourth-order valence-corrected chi connectivity index (χ4v) is 6.66. The number of aryl methyl sites for hydroxylation is 2. The predicted molar refractivity (Wildman–Crippen MR) is 135 cm³/mol. The van der Waals surface area contributed by atoms with E-state index in [-0.39, 0.29) is 23.6 Å². The number of anilines is 2. The van der Waals surface area contributed by atoms with Crippen LogP contribution in [0, 0.1) is 6.92 Å². The van der Waals surface area contributed by atoms with Gasteiger partial charge in [0.2, 0.25) is 0 Å². The highest BCUT2D eigenvalue weighted by Crippen LogP contribution is 2.36. The summed E-state index contributed by atoms with van der Waals surface area (Å²) in [5, 5.41) is 7.64. The first-order chi connectivity index (χ1) is 16.5. The number of rotatable bonds is 4. The monoisotopic (exact) mass is 478 g/mol. The molecule has 0 aromatic carbocycles. The summed E-state index contributed by atoms with van der Waals surface area (Å²) < 4.78 is 5.77. The van der Waals surface area contributed by atoms with Crippen LogP contribution in [0.1, 0.15) is 39.5 Å². The Labute approximate surface area is 202 Å². The number of nitrogens with one attached hydrogen (secondary N) is 2. The van der Waals surface area contributed by atoms with Crippen molar-refractivity contribution in [2.45, 2.75) is 50.3 Å². The molecule has 0 bridgehead atoms. The Hall–Kier alpha value is -2.75. The first-order valence-corrected chi connectivity index (χ1v) is 12.8. The molecule has 3 aromatic rings. The van der Waals surface area contributed by atoms with Gasteiger partial charge in [-0.2, -0.15) is 0 Å². The summed E-state index contributed by atoms with van der Waals surface area (Å²) in [7, 11) is 1.80. The van der Waals surface area contributed by atoms with E-state index in [2.05, 4.69) is 32.7 Å². The molecule has 6 rings (SSSR count). The predicted octanol–water partition coefficient (Wildman–Crippen LogP) is 2.44. The van der Waals surface area contributed by atoms with Gasteiger partial charge in [0.05, 0.1) is 17.3 Å². The van der Waals surface area contributed by atoms with Gasteiger partial charge in [-0.3, -0.25) is 4.79 Å². The van der Waals surface area contributed by atoms with Crippen LogP contribution in [0.4, 0.5) is 11.5 Å². The molecule has 2 aliphatic heterocycles. The largest absolute Gasteiger partial charge is 0.397 e. The van der Waals surface area contributed by atoms with E-state index in [1.54, 1.807) is 7.11 Å². The summed E-state index contributed by atoms with van der Waals surface area (Å²) in [4.78, 5) is 26.3. The Morgan fingerprint density at radius 2 is 2.18 bits per heavy atom. The third-order valence-corrected chi connectivity index (χ3v) is 8.77. The molecule has 3 aliphatic rings. The van der Waals surface area contributed by atoms with Crippen molar-refractivity contribution in [3.63, 3.8) is 0 Å². The van der Waals surface area contributed by atoms with Gasteiger partial charge >= 0.3 is 0 Å². The van der Waals surface area contributed by atoms with E-state index in [1.807, 2.05) is 19.1 Å². The van der Waals surface area contributed by atoms with Crippen molar-refractivity contribution in [2.75, 3.05) is 37.4 Å². The Morgan fingerprint density at radius 1 is 1.32 bits per heavy atom. The number of hydrogen-bond donors (Lipinski definition) is 3. The molecular formula is C25H30N6O2S. The highest BCUT2D eigenvalue weighted by Gasteiger charge is 2.51. The Kier molecular flexibility index (Phi) is 5.24. The molecule has 34 heavy (non-hydrogen) atoms. The van der Waals surface area contributed by atoms with Gasteiger partial charge in [-0.15, -0.1) is 11.3 Å². The third-order valence-electron chi connectivity index (χ3n) is 7.66. The van der Waals surface area contributed by atoms with Crippen molar-refractivity contribution in [3.05, 3.63) is 46.1 Å². The maximum Gasteiger partial charge on any atom is 0.263 e. The first kappa shape index (κ1) is 21.8. The van der Waals surface area contributed by atoms with Crippen LogP contribution in [0.25, 0.3) is 10.2 Å². The lowest BCUT2D eigenvalue weighted by molar-refractivity contribution is 0.0180. The van der Waals surface area contributed by atoms with Gasteiger partial charge in [-0.1, -0.05) is 6.07 Å². The van der Waals surface area contributed by atoms with Gasteiger partial charge in [0.15, 0.2) is 0 Å². The molecule has 3 unspecified atom stereocenters. The molecule has 2 saturated heterocycles. The lowest BCUT2D eigenvalue weighted by Gasteiger charge is -2.43. The van der Waals surface area contributed by atoms with E-state index in [0.29, 0.717) is 10.6 Å². The van der Waals surface area contributed by atoms with Crippen LogP contribution in [0.3, 0.4) is 0 Å². The minimum Gasteiger partial charge on any atom is -0.397 e. The Morgan fingerprint density at radius 3 is 2.91 bits per heavy atom. The second-order valence-electron chi connectivity index (χ2n) is 9.78. The van der Waals surface area contributed by atoms with Gasteiger partial charge in [0.25, 0.3) is 5.91 Å². The SMILES string of the molecule is COC1CN(c2ccc3c(n2)CCC(NC(=O)c2sc4nc(C)ccc4c2N)C3)CC12CCN2. The normalized spacial score (nSPS) is 26.0. The van der Waals surface area contributed by atoms with Crippen LogP contribution in [-0.4, -0.2) is 60.3 Å². The van der Waals surface area contributed by atoms with Crippen LogP contribution in [0.15, 0.2) is 24.3 Å². The third kappa shape index (κ3) is 3.54. The molecule has 4 N–H and O–H groups in total.